The Morgan fingerprint density at radius 2 is 1.94 bits per heavy atom. The molecule has 4 rings (SSSR count). The van der Waals surface area contributed by atoms with Gasteiger partial charge in [0.25, 0.3) is 5.91 Å². The first-order valence-electron chi connectivity index (χ1n) is 11.9. The predicted octanol–water partition coefficient (Wildman–Crippen LogP) is 4.53. The number of nitrogens with one attached hydrogen (secondary N) is 4. The maximum Gasteiger partial charge on any atom is 0.256 e. The third-order valence-corrected chi connectivity index (χ3v) is 5.87. The van der Waals surface area contributed by atoms with Crippen LogP contribution in [0.3, 0.4) is 0 Å². The van der Waals surface area contributed by atoms with E-state index in [1.54, 1.807) is 13.8 Å². The van der Waals surface area contributed by atoms with Gasteiger partial charge < -0.3 is 21.3 Å². The lowest BCUT2D eigenvalue weighted by molar-refractivity contribution is 0.0943. The molecule has 0 atom stereocenters. The highest BCUT2D eigenvalue weighted by Crippen LogP contribution is 2.28. The minimum Gasteiger partial charge on any atom is -0.350 e. The summed E-state index contributed by atoms with van der Waals surface area (Å²) in [7, 11) is 0. The number of amides is 1. The van der Waals surface area contributed by atoms with E-state index in [1.165, 1.54) is 29.5 Å². The summed E-state index contributed by atoms with van der Waals surface area (Å²) in [5.74, 6) is -0.271. The number of halogens is 2. The smallest absolute Gasteiger partial charge is 0.256 e. The van der Waals surface area contributed by atoms with Gasteiger partial charge >= 0.3 is 0 Å². The first-order chi connectivity index (χ1) is 17.2. The zero-order chi connectivity index (χ0) is 25.9. The van der Waals surface area contributed by atoms with Crippen LogP contribution in [0.5, 0.6) is 0 Å². The van der Waals surface area contributed by atoms with Crippen molar-refractivity contribution in [1.29, 1.82) is 0 Å². The summed E-state index contributed by atoms with van der Waals surface area (Å²) in [4.78, 5) is 26.0. The summed E-state index contributed by atoms with van der Waals surface area (Å²) in [6.07, 6.45) is 2.36. The zero-order valence-corrected chi connectivity index (χ0v) is 20.9. The number of hydrogen-bond donors (Lipinski definition) is 4. The number of fused-ring (bicyclic) bond motifs is 1. The van der Waals surface area contributed by atoms with Crippen LogP contribution in [0.1, 0.15) is 54.9 Å². The van der Waals surface area contributed by atoms with Crippen molar-refractivity contribution >= 4 is 29.2 Å². The molecule has 10 heteroatoms. The lowest BCUT2D eigenvalue weighted by Crippen LogP contribution is -2.31. The Bertz CT molecular complexity index is 1260. The van der Waals surface area contributed by atoms with Crippen LogP contribution in [0.2, 0.25) is 0 Å². The highest BCUT2D eigenvalue weighted by molar-refractivity contribution is 5.99. The van der Waals surface area contributed by atoms with Gasteiger partial charge in [0, 0.05) is 29.9 Å². The van der Waals surface area contributed by atoms with Gasteiger partial charge in [0.1, 0.15) is 29.7 Å². The summed E-state index contributed by atoms with van der Waals surface area (Å²) >= 11 is 0. The van der Waals surface area contributed by atoms with Gasteiger partial charge in [-0.3, -0.25) is 9.18 Å². The van der Waals surface area contributed by atoms with Crippen LogP contribution in [0, 0.1) is 5.82 Å². The second-order valence-corrected chi connectivity index (χ2v) is 9.79. The van der Waals surface area contributed by atoms with Crippen molar-refractivity contribution in [3.05, 3.63) is 64.7 Å². The topological polar surface area (TPSA) is 104 Å². The molecule has 1 aromatic carbocycles. The fourth-order valence-corrected chi connectivity index (χ4v) is 3.90. The average Bonchev–Trinajstić information content (AvgIpc) is 2.84. The van der Waals surface area contributed by atoms with E-state index in [1.807, 2.05) is 19.9 Å². The van der Waals surface area contributed by atoms with E-state index in [0.29, 0.717) is 0 Å². The molecule has 0 saturated carbocycles. The van der Waals surface area contributed by atoms with Gasteiger partial charge in [0.15, 0.2) is 0 Å². The van der Waals surface area contributed by atoms with Crippen molar-refractivity contribution < 1.29 is 13.6 Å². The van der Waals surface area contributed by atoms with Gasteiger partial charge in [-0.15, -0.1) is 0 Å². The number of pyridine rings is 1. The van der Waals surface area contributed by atoms with Gasteiger partial charge in [0.2, 0.25) is 5.95 Å². The molecule has 2 aromatic heterocycles. The van der Waals surface area contributed by atoms with Gasteiger partial charge in [-0.2, -0.15) is 4.98 Å². The molecule has 0 radical (unpaired) electrons. The Labute approximate surface area is 209 Å². The molecule has 4 N–H and O–H groups in total. The Hall–Kier alpha value is -3.66. The number of carbonyl (C=O) groups excluding carboxylic acids is 1. The van der Waals surface area contributed by atoms with Gasteiger partial charge in [-0.05, 0) is 62.2 Å². The SMILES string of the molecule is CC(C)NC(=O)c1cnc(Nc2ccc3c(c2)CCNC3)nc1Nc1ccc(F)c(C(C)(C)CF)n1. The highest BCUT2D eigenvalue weighted by atomic mass is 19.1. The van der Waals surface area contributed by atoms with E-state index in [-0.39, 0.29) is 40.8 Å². The monoisotopic (exact) mass is 495 g/mol. The largest absolute Gasteiger partial charge is 0.350 e. The number of rotatable bonds is 8. The molecule has 3 aromatic rings. The molecule has 1 aliphatic heterocycles. The Kier molecular flexibility index (Phi) is 7.44. The fourth-order valence-electron chi connectivity index (χ4n) is 3.90. The Morgan fingerprint density at radius 3 is 2.69 bits per heavy atom. The number of anilines is 4. The highest BCUT2D eigenvalue weighted by Gasteiger charge is 2.27. The molecule has 0 bridgehead atoms. The molecule has 0 spiro atoms. The number of hydrogen-bond acceptors (Lipinski definition) is 7. The van der Waals surface area contributed by atoms with Crippen LogP contribution in [-0.4, -0.2) is 40.1 Å². The predicted molar refractivity (Wildman–Crippen MR) is 136 cm³/mol. The lowest BCUT2D eigenvalue weighted by Gasteiger charge is -2.21. The van der Waals surface area contributed by atoms with Crippen molar-refractivity contribution in [3.63, 3.8) is 0 Å². The third-order valence-electron chi connectivity index (χ3n) is 5.87. The summed E-state index contributed by atoms with van der Waals surface area (Å²) in [6, 6.07) is 8.62. The van der Waals surface area contributed by atoms with Crippen molar-refractivity contribution in [2.24, 2.45) is 0 Å². The van der Waals surface area contributed by atoms with Crippen LogP contribution < -0.4 is 21.3 Å². The molecule has 0 fully saturated rings. The molecule has 0 saturated heterocycles. The first-order valence-corrected chi connectivity index (χ1v) is 11.9. The molecule has 3 heterocycles. The van der Waals surface area contributed by atoms with E-state index < -0.39 is 17.9 Å². The standard InChI is InChI=1S/C26H31F2N7O/c1-15(2)31-24(36)19-13-30-25(32-18-6-5-17-12-29-10-9-16(17)11-18)35-23(19)34-21-8-7-20(28)22(33-21)26(3,4)14-27/h5-8,11,13,15,29H,9-10,12,14H2,1-4H3,(H,31,36)(H2,30,32,33,34,35). The minimum atomic E-state index is -1.11. The molecule has 1 aliphatic rings. The van der Waals surface area contributed by atoms with E-state index in [4.69, 9.17) is 0 Å². The molecular formula is C26H31F2N7O. The molecule has 36 heavy (non-hydrogen) atoms. The summed E-state index contributed by atoms with van der Waals surface area (Å²) < 4.78 is 27.9. The average molecular weight is 496 g/mol. The Balaban J connectivity index is 1.67. The van der Waals surface area contributed by atoms with Crippen LogP contribution in [0.4, 0.5) is 32.1 Å². The normalized spacial score (nSPS) is 13.3. The summed E-state index contributed by atoms with van der Waals surface area (Å²) in [5, 5.41) is 12.4. The van der Waals surface area contributed by atoms with Crippen LogP contribution >= 0.6 is 0 Å². The minimum absolute atomic E-state index is 0.0147. The van der Waals surface area contributed by atoms with E-state index in [2.05, 4.69) is 48.4 Å². The summed E-state index contributed by atoms with van der Waals surface area (Å²) in [6.45, 7) is 7.83. The molecule has 1 amide bonds. The van der Waals surface area contributed by atoms with E-state index in [0.717, 1.165) is 25.2 Å². The van der Waals surface area contributed by atoms with Crippen molar-refractivity contribution in [1.82, 2.24) is 25.6 Å². The fraction of sp³-hybridized carbons (Fsp3) is 0.385. The molecule has 190 valence electrons. The van der Waals surface area contributed by atoms with Crippen LogP contribution in [0.15, 0.2) is 36.5 Å². The lowest BCUT2D eigenvalue weighted by atomic mass is 9.90. The number of benzene rings is 1. The number of alkyl halides is 1. The quantitative estimate of drug-likeness (QED) is 0.364. The maximum atomic E-state index is 14.4. The van der Waals surface area contributed by atoms with Crippen LogP contribution in [0.25, 0.3) is 0 Å². The summed E-state index contributed by atoms with van der Waals surface area (Å²) in [5.41, 5.74) is 2.41. The number of nitrogens with zero attached hydrogens (tertiary/aromatic N) is 3. The zero-order valence-electron chi connectivity index (χ0n) is 20.9. The number of carbonyl (C=O) groups is 1. The van der Waals surface area contributed by atoms with Crippen molar-refractivity contribution in [3.8, 4) is 0 Å². The van der Waals surface area contributed by atoms with Crippen LogP contribution in [-0.2, 0) is 18.4 Å². The molecule has 0 unspecified atom stereocenters. The van der Waals surface area contributed by atoms with E-state index >= 15 is 0 Å². The second-order valence-electron chi connectivity index (χ2n) is 9.79. The van der Waals surface area contributed by atoms with Gasteiger partial charge in [-0.25, -0.2) is 14.4 Å². The van der Waals surface area contributed by atoms with Gasteiger partial charge in [-0.1, -0.05) is 19.9 Å². The van der Waals surface area contributed by atoms with Crippen molar-refractivity contribution in [2.75, 3.05) is 23.9 Å². The molecule has 8 nitrogen and oxygen atoms in total. The van der Waals surface area contributed by atoms with E-state index in [9.17, 15) is 13.6 Å². The second kappa shape index (κ2) is 10.5. The first kappa shape index (κ1) is 25.4. The van der Waals surface area contributed by atoms with Crippen molar-refractivity contribution in [2.45, 2.75) is 52.1 Å². The van der Waals surface area contributed by atoms with Gasteiger partial charge in [0.05, 0.1) is 5.69 Å². The molecular weight excluding hydrogens is 464 g/mol. The maximum absolute atomic E-state index is 14.4. The Morgan fingerprint density at radius 1 is 1.14 bits per heavy atom. The third kappa shape index (κ3) is 5.76. The number of aromatic nitrogens is 3. The molecule has 0 aliphatic carbocycles.